The van der Waals surface area contributed by atoms with Crippen LogP contribution in [0.15, 0.2) is 36.5 Å². The van der Waals surface area contributed by atoms with Gasteiger partial charge in [0.15, 0.2) is 5.82 Å². The van der Waals surface area contributed by atoms with Crippen molar-refractivity contribution in [2.45, 2.75) is 51.5 Å². The van der Waals surface area contributed by atoms with Crippen LogP contribution in [0, 0.1) is 12.7 Å². The number of likely N-dealkylation sites (tertiary alicyclic amines) is 1. The third-order valence-electron chi connectivity index (χ3n) is 7.39. The van der Waals surface area contributed by atoms with E-state index in [-0.39, 0.29) is 16.5 Å². The van der Waals surface area contributed by atoms with Gasteiger partial charge in [-0.05, 0) is 113 Å². The summed E-state index contributed by atoms with van der Waals surface area (Å²) in [5.74, 6) is 0.0987. The predicted molar refractivity (Wildman–Crippen MR) is 152 cm³/mol. The number of aryl methyl sites for hydroxylation is 3. The van der Waals surface area contributed by atoms with E-state index >= 15 is 0 Å². The van der Waals surface area contributed by atoms with Crippen LogP contribution in [0.5, 0.6) is 0 Å². The van der Waals surface area contributed by atoms with E-state index in [0.717, 1.165) is 18.5 Å². The minimum atomic E-state index is -2.76. The Morgan fingerprint density at radius 3 is 2.51 bits per heavy atom. The van der Waals surface area contributed by atoms with Crippen molar-refractivity contribution in [2.24, 2.45) is 0 Å². The van der Waals surface area contributed by atoms with E-state index in [9.17, 15) is 8.96 Å². The van der Waals surface area contributed by atoms with Crippen molar-refractivity contribution in [3.8, 4) is 0 Å². The monoisotopic (exact) mass is 541 g/mol. The number of anilines is 4. The Kier molecular flexibility index (Phi) is 7.58. The molecule has 1 saturated heterocycles. The second kappa shape index (κ2) is 10.7. The average Bonchev–Trinajstić information content (AvgIpc) is 3.29. The maximum atomic E-state index is 14.9. The fourth-order valence-electron chi connectivity index (χ4n) is 5.48. The van der Waals surface area contributed by atoms with Gasteiger partial charge >= 0.3 is 0 Å². The van der Waals surface area contributed by atoms with Crippen LogP contribution in [-0.2, 0) is 17.4 Å². The summed E-state index contributed by atoms with van der Waals surface area (Å²) in [6.45, 7) is 7.48. The number of fused-ring (bicyclic) bond motifs is 1. The summed E-state index contributed by atoms with van der Waals surface area (Å²) in [4.78, 5) is 11.5. The molecule has 2 heterocycles. The van der Waals surface area contributed by atoms with Crippen molar-refractivity contribution < 1.29 is 8.96 Å². The van der Waals surface area contributed by atoms with Gasteiger partial charge in [0.25, 0.3) is 0 Å². The van der Waals surface area contributed by atoms with Gasteiger partial charge in [0, 0.05) is 17.0 Å². The SMILES string of the molecule is Cc1cc(F)c(Nc2nc(Nc3ccc4c(c3)CC[C@@H](N3CCCC3)CC4)ncc2Cl)c(P(C)(C)=O)c1. The minimum absolute atomic E-state index is 0.128. The summed E-state index contributed by atoms with van der Waals surface area (Å²) in [7, 11) is -2.76. The summed E-state index contributed by atoms with van der Waals surface area (Å²) in [6.07, 6.45) is 8.69. The molecule has 6 nitrogen and oxygen atoms in total. The molecular weight excluding hydrogens is 508 g/mol. The van der Waals surface area contributed by atoms with Gasteiger partial charge in [0.2, 0.25) is 5.95 Å². The highest BCUT2D eigenvalue weighted by Crippen LogP contribution is 2.40. The van der Waals surface area contributed by atoms with Gasteiger partial charge in [-0.1, -0.05) is 17.7 Å². The van der Waals surface area contributed by atoms with Crippen LogP contribution in [0.25, 0.3) is 0 Å². The second-order valence-corrected chi connectivity index (χ2v) is 14.2. The van der Waals surface area contributed by atoms with E-state index in [1.807, 2.05) is 0 Å². The Balaban J connectivity index is 1.35. The molecule has 1 aliphatic carbocycles. The maximum Gasteiger partial charge on any atom is 0.229 e. The molecule has 1 fully saturated rings. The molecule has 0 saturated carbocycles. The number of hydrogen-bond donors (Lipinski definition) is 2. The third-order valence-corrected chi connectivity index (χ3v) is 9.18. The lowest BCUT2D eigenvalue weighted by molar-refractivity contribution is 0.222. The zero-order chi connectivity index (χ0) is 26.2. The summed E-state index contributed by atoms with van der Waals surface area (Å²) < 4.78 is 27.8. The van der Waals surface area contributed by atoms with E-state index in [2.05, 4.69) is 43.7 Å². The van der Waals surface area contributed by atoms with Crippen LogP contribution in [0.3, 0.4) is 0 Å². The van der Waals surface area contributed by atoms with Gasteiger partial charge < -0.3 is 20.1 Å². The lowest BCUT2D eigenvalue weighted by Gasteiger charge is -2.25. The molecular formula is C28H34ClFN5OP. The van der Waals surface area contributed by atoms with Gasteiger partial charge in [0.05, 0.1) is 11.9 Å². The molecule has 0 amide bonds. The molecule has 2 aliphatic rings. The highest BCUT2D eigenvalue weighted by atomic mass is 35.5. The Morgan fingerprint density at radius 1 is 1.05 bits per heavy atom. The van der Waals surface area contributed by atoms with Gasteiger partial charge in [-0.15, -0.1) is 0 Å². The van der Waals surface area contributed by atoms with Crippen LogP contribution < -0.4 is 15.9 Å². The normalized spacial score (nSPS) is 18.4. The zero-order valence-electron chi connectivity index (χ0n) is 21.7. The van der Waals surface area contributed by atoms with Crippen LogP contribution in [0.1, 0.15) is 42.4 Å². The molecule has 37 heavy (non-hydrogen) atoms. The number of benzene rings is 2. The van der Waals surface area contributed by atoms with Crippen LogP contribution in [-0.4, -0.2) is 47.3 Å². The molecule has 2 aromatic carbocycles. The number of aromatic nitrogens is 2. The molecule has 0 bridgehead atoms. The van der Waals surface area contributed by atoms with Crippen molar-refractivity contribution in [3.05, 3.63) is 64.1 Å². The van der Waals surface area contributed by atoms with Crippen molar-refractivity contribution in [1.29, 1.82) is 0 Å². The summed E-state index contributed by atoms with van der Waals surface area (Å²) in [6, 6.07) is 10.3. The molecule has 5 rings (SSSR count). The smallest absolute Gasteiger partial charge is 0.229 e. The topological polar surface area (TPSA) is 70.2 Å². The second-order valence-electron chi connectivity index (χ2n) is 10.6. The standard InChI is InChI=1S/C28H34ClFN5OP/c1-18-14-24(30)26(25(15-18)37(2,3)36)33-27-23(29)17-31-28(34-27)32-21-9-6-19-7-10-22(11-8-20(19)16-21)35-12-4-5-13-35/h6,9,14-17,22H,4-5,7-8,10-13H2,1-3H3,(H2,31,32,33,34)/t22-/m0/s1. The Bertz CT molecular complexity index is 1350. The van der Waals surface area contributed by atoms with Crippen molar-refractivity contribution in [3.63, 3.8) is 0 Å². The van der Waals surface area contributed by atoms with E-state index in [1.54, 1.807) is 26.3 Å². The molecule has 1 aliphatic heterocycles. The van der Waals surface area contributed by atoms with Crippen molar-refractivity contribution in [1.82, 2.24) is 14.9 Å². The van der Waals surface area contributed by atoms with Crippen molar-refractivity contribution >= 4 is 47.2 Å². The quantitative estimate of drug-likeness (QED) is 0.269. The lowest BCUT2D eigenvalue weighted by Crippen LogP contribution is -2.32. The summed E-state index contributed by atoms with van der Waals surface area (Å²) in [5, 5.41) is 6.93. The third kappa shape index (κ3) is 6.00. The molecule has 3 aromatic rings. The predicted octanol–water partition coefficient (Wildman–Crippen LogP) is 6.66. The highest BCUT2D eigenvalue weighted by Gasteiger charge is 2.25. The van der Waals surface area contributed by atoms with Gasteiger partial charge in [-0.2, -0.15) is 4.98 Å². The maximum absolute atomic E-state index is 14.9. The first-order chi connectivity index (χ1) is 17.7. The van der Waals surface area contributed by atoms with Crippen LogP contribution in [0.2, 0.25) is 5.02 Å². The van der Waals surface area contributed by atoms with Gasteiger partial charge in [-0.25, -0.2) is 9.37 Å². The average molecular weight is 542 g/mol. The lowest BCUT2D eigenvalue weighted by atomic mass is 10.0. The van der Waals surface area contributed by atoms with E-state index < -0.39 is 13.0 Å². The summed E-state index contributed by atoms with van der Waals surface area (Å²) in [5.41, 5.74) is 4.51. The van der Waals surface area contributed by atoms with E-state index in [0.29, 0.717) is 22.9 Å². The van der Waals surface area contributed by atoms with Gasteiger partial charge in [-0.3, -0.25) is 0 Å². The minimum Gasteiger partial charge on any atom is -0.336 e. The zero-order valence-corrected chi connectivity index (χ0v) is 23.3. The first kappa shape index (κ1) is 26.1. The van der Waals surface area contributed by atoms with Crippen LogP contribution in [0.4, 0.5) is 27.5 Å². The first-order valence-electron chi connectivity index (χ1n) is 13.0. The fraction of sp³-hybridized carbons (Fsp3) is 0.429. The molecule has 196 valence electrons. The largest absolute Gasteiger partial charge is 0.336 e. The van der Waals surface area contributed by atoms with Crippen molar-refractivity contribution in [2.75, 3.05) is 37.1 Å². The number of nitrogens with zero attached hydrogens (tertiary/aromatic N) is 3. The number of rotatable bonds is 6. The Morgan fingerprint density at radius 2 is 1.78 bits per heavy atom. The molecule has 1 aromatic heterocycles. The highest BCUT2D eigenvalue weighted by molar-refractivity contribution is 7.70. The Labute approximate surface area is 223 Å². The summed E-state index contributed by atoms with van der Waals surface area (Å²) >= 11 is 6.37. The van der Waals surface area contributed by atoms with Crippen LogP contribution >= 0.6 is 18.7 Å². The molecule has 0 spiro atoms. The Hall–Kier alpha value is -2.47. The molecule has 1 atom stereocenters. The molecule has 2 N–H and O–H groups in total. The number of nitrogens with one attached hydrogen (secondary N) is 2. The fourth-order valence-corrected chi connectivity index (χ4v) is 6.83. The number of halogens is 2. The van der Waals surface area contributed by atoms with E-state index in [1.165, 1.54) is 62.2 Å². The molecule has 9 heteroatoms. The molecule has 0 unspecified atom stereocenters. The van der Waals surface area contributed by atoms with Gasteiger partial charge in [0.1, 0.15) is 18.0 Å². The molecule has 0 radical (unpaired) electrons. The van der Waals surface area contributed by atoms with E-state index in [4.69, 9.17) is 11.6 Å². The number of hydrogen-bond acceptors (Lipinski definition) is 6. The first-order valence-corrected chi connectivity index (χ1v) is 15.9.